The molecule has 10 nitrogen and oxygen atoms in total. The van der Waals surface area contributed by atoms with Gasteiger partial charge in [-0.3, -0.25) is 14.9 Å². The first kappa shape index (κ1) is 19.9. The normalized spacial score (nSPS) is 11.8. The van der Waals surface area contributed by atoms with Crippen LogP contribution in [0.5, 0.6) is 11.5 Å². The molecular formula is C16H16N4O6S2. The number of carbonyl (C=O) groups excluding carboxylic acids is 3. The second kappa shape index (κ2) is 8.89. The summed E-state index contributed by atoms with van der Waals surface area (Å²) in [5, 5.41) is 13.1. The quantitative estimate of drug-likeness (QED) is 0.391. The summed E-state index contributed by atoms with van der Waals surface area (Å²) in [5.41, 5.74) is 0.684. The summed E-state index contributed by atoms with van der Waals surface area (Å²) in [6, 6.07) is 3.11. The van der Waals surface area contributed by atoms with E-state index >= 15 is 0 Å². The summed E-state index contributed by atoms with van der Waals surface area (Å²) < 4.78 is 15.8. The lowest BCUT2D eigenvalue weighted by Crippen LogP contribution is -2.16. The van der Waals surface area contributed by atoms with Gasteiger partial charge in [-0.05, 0) is 19.9 Å². The lowest BCUT2D eigenvalue weighted by molar-refractivity contribution is -0.113. The molecule has 0 saturated carbocycles. The van der Waals surface area contributed by atoms with Crippen molar-refractivity contribution in [3.05, 3.63) is 17.7 Å². The van der Waals surface area contributed by atoms with Crippen molar-refractivity contribution in [3.63, 3.8) is 0 Å². The number of nitrogens with one attached hydrogen (secondary N) is 2. The zero-order chi connectivity index (χ0) is 20.1. The van der Waals surface area contributed by atoms with Gasteiger partial charge in [-0.15, -0.1) is 10.2 Å². The molecule has 1 aromatic heterocycles. The van der Waals surface area contributed by atoms with Gasteiger partial charge < -0.3 is 19.5 Å². The van der Waals surface area contributed by atoms with Gasteiger partial charge in [-0.2, -0.15) is 0 Å². The Bertz CT molecular complexity index is 917. The fourth-order valence-corrected chi connectivity index (χ4v) is 3.76. The number of aromatic nitrogens is 2. The van der Waals surface area contributed by atoms with Crippen molar-refractivity contribution in [1.82, 2.24) is 10.2 Å². The fraction of sp³-hybridized carbons (Fsp3) is 0.312. The molecule has 2 amide bonds. The molecule has 1 aliphatic rings. The van der Waals surface area contributed by atoms with E-state index in [0.717, 1.165) is 23.1 Å². The van der Waals surface area contributed by atoms with Gasteiger partial charge >= 0.3 is 6.09 Å². The third-order valence-electron chi connectivity index (χ3n) is 3.38. The minimum Gasteiger partial charge on any atom is -0.454 e. The largest absolute Gasteiger partial charge is 0.454 e. The van der Waals surface area contributed by atoms with Crippen molar-refractivity contribution in [2.24, 2.45) is 0 Å². The Morgan fingerprint density at radius 3 is 2.68 bits per heavy atom. The molecule has 0 atom stereocenters. The molecule has 0 saturated heterocycles. The molecule has 0 spiro atoms. The van der Waals surface area contributed by atoms with Crippen LogP contribution < -0.4 is 20.1 Å². The molecule has 2 aromatic rings. The van der Waals surface area contributed by atoms with E-state index in [4.69, 9.17) is 14.2 Å². The van der Waals surface area contributed by atoms with Gasteiger partial charge in [0.25, 0.3) is 0 Å². The predicted octanol–water partition coefficient (Wildman–Crippen LogP) is 2.77. The minimum absolute atomic E-state index is 0.0415. The van der Waals surface area contributed by atoms with Crippen LogP contribution in [0.1, 0.15) is 24.2 Å². The highest BCUT2D eigenvalue weighted by molar-refractivity contribution is 8.01. The summed E-state index contributed by atoms with van der Waals surface area (Å²) in [5.74, 6) is 0.432. The molecule has 28 heavy (non-hydrogen) atoms. The third-order valence-corrected chi connectivity index (χ3v) is 5.36. The van der Waals surface area contributed by atoms with Crippen LogP contribution in [-0.4, -0.2) is 47.1 Å². The Morgan fingerprint density at radius 2 is 1.96 bits per heavy atom. The van der Waals surface area contributed by atoms with E-state index < -0.39 is 6.09 Å². The number of Topliss-reactive ketones (excluding diaryl/α,β-unsaturated/α-hetero) is 1. The molecule has 2 heterocycles. The van der Waals surface area contributed by atoms with Crippen molar-refractivity contribution in [2.45, 2.75) is 18.2 Å². The predicted molar refractivity (Wildman–Crippen MR) is 102 cm³/mol. The summed E-state index contributed by atoms with van der Waals surface area (Å²) >= 11 is 2.27. The molecule has 12 heteroatoms. The maximum Gasteiger partial charge on any atom is 0.413 e. The Labute approximate surface area is 167 Å². The highest BCUT2D eigenvalue weighted by Crippen LogP contribution is 2.37. The highest BCUT2D eigenvalue weighted by Gasteiger charge is 2.20. The van der Waals surface area contributed by atoms with Crippen LogP contribution in [0.25, 0.3) is 0 Å². The van der Waals surface area contributed by atoms with Crippen molar-refractivity contribution in [3.8, 4) is 11.5 Å². The minimum atomic E-state index is -0.618. The van der Waals surface area contributed by atoms with Crippen LogP contribution in [0, 0.1) is 0 Å². The molecule has 0 fully saturated rings. The number of ketones is 1. The lowest BCUT2D eigenvalue weighted by Gasteiger charge is -2.10. The number of fused-ring (bicyclic) bond motifs is 1. The molecule has 0 aliphatic carbocycles. The van der Waals surface area contributed by atoms with Gasteiger partial charge in [0.1, 0.15) is 0 Å². The third kappa shape index (κ3) is 4.89. The molecule has 0 unspecified atom stereocenters. The molecule has 0 bridgehead atoms. The Balaban J connectivity index is 1.59. The highest BCUT2D eigenvalue weighted by atomic mass is 32.2. The number of hydrogen-bond acceptors (Lipinski definition) is 10. The number of rotatable bonds is 7. The molecular weight excluding hydrogens is 408 g/mol. The van der Waals surface area contributed by atoms with Gasteiger partial charge in [0.2, 0.25) is 17.8 Å². The van der Waals surface area contributed by atoms with E-state index in [1.165, 1.54) is 6.92 Å². The lowest BCUT2D eigenvalue weighted by atomic mass is 10.1. The van der Waals surface area contributed by atoms with Gasteiger partial charge in [0.05, 0.1) is 18.0 Å². The summed E-state index contributed by atoms with van der Waals surface area (Å²) in [4.78, 5) is 35.5. The van der Waals surface area contributed by atoms with Crippen molar-refractivity contribution >= 4 is 51.7 Å². The van der Waals surface area contributed by atoms with E-state index in [1.807, 2.05) is 0 Å². The van der Waals surface area contributed by atoms with Crippen LogP contribution in [0.15, 0.2) is 16.5 Å². The van der Waals surface area contributed by atoms with Gasteiger partial charge in [0, 0.05) is 11.6 Å². The maximum atomic E-state index is 12.3. The Kier molecular flexibility index (Phi) is 6.31. The maximum absolute atomic E-state index is 12.3. The van der Waals surface area contributed by atoms with Crippen LogP contribution >= 0.6 is 23.1 Å². The zero-order valence-electron chi connectivity index (χ0n) is 14.9. The number of nitrogens with zero attached hydrogens (tertiary/aromatic N) is 2. The second-order valence-corrected chi connectivity index (χ2v) is 7.56. The van der Waals surface area contributed by atoms with Crippen molar-refractivity contribution in [1.29, 1.82) is 0 Å². The first-order chi connectivity index (χ1) is 13.5. The van der Waals surface area contributed by atoms with E-state index in [1.54, 1.807) is 19.1 Å². The van der Waals surface area contributed by atoms with Gasteiger partial charge in [-0.1, -0.05) is 23.1 Å². The Morgan fingerprint density at radius 1 is 1.21 bits per heavy atom. The zero-order valence-corrected chi connectivity index (χ0v) is 16.6. The first-order valence-electron chi connectivity index (χ1n) is 8.10. The monoisotopic (exact) mass is 424 g/mol. The number of hydrogen-bond donors (Lipinski definition) is 2. The second-order valence-electron chi connectivity index (χ2n) is 5.36. The molecule has 1 aliphatic heterocycles. The fourth-order valence-electron chi connectivity index (χ4n) is 2.22. The van der Waals surface area contributed by atoms with Gasteiger partial charge in [-0.25, -0.2) is 4.79 Å². The van der Waals surface area contributed by atoms with Crippen LogP contribution in [0.4, 0.5) is 15.6 Å². The van der Waals surface area contributed by atoms with E-state index in [9.17, 15) is 14.4 Å². The molecule has 1 aromatic carbocycles. The molecule has 2 N–H and O–H groups in total. The number of anilines is 2. The first-order valence-corrected chi connectivity index (χ1v) is 9.91. The van der Waals surface area contributed by atoms with E-state index in [0.29, 0.717) is 27.1 Å². The van der Waals surface area contributed by atoms with Crippen LogP contribution in [0.3, 0.4) is 0 Å². The standard InChI is InChI=1S/C16H16N4O6S2/c1-3-24-15(23)18-14-19-20-16(28-14)27-6-13(22)17-10-5-12-11(25-7-26-12)4-9(10)8(2)21/h4-5H,3,6-7H2,1-2H3,(H,17,22)(H,18,19,23). The number of thioether (sulfide) groups is 1. The SMILES string of the molecule is CCOC(=O)Nc1nnc(SCC(=O)Nc2cc3c(cc2C(C)=O)OCO3)s1. The number of carbonyl (C=O) groups is 3. The topological polar surface area (TPSA) is 129 Å². The van der Waals surface area contributed by atoms with E-state index in [2.05, 4.69) is 20.8 Å². The number of amides is 2. The molecule has 148 valence electrons. The smallest absolute Gasteiger partial charge is 0.413 e. The Hall–Kier alpha value is -2.86. The van der Waals surface area contributed by atoms with Crippen LogP contribution in [0.2, 0.25) is 0 Å². The summed E-state index contributed by atoms with van der Waals surface area (Å²) in [6.07, 6.45) is -0.618. The van der Waals surface area contributed by atoms with Crippen molar-refractivity contribution in [2.75, 3.05) is 29.8 Å². The van der Waals surface area contributed by atoms with Crippen molar-refractivity contribution < 1.29 is 28.6 Å². The average Bonchev–Trinajstić information content (AvgIpc) is 3.28. The molecule has 3 rings (SSSR count). The van der Waals surface area contributed by atoms with Crippen LogP contribution in [-0.2, 0) is 9.53 Å². The summed E-state index contributed by atoms with van der Waals surface area (Å²) in [7, 11) is 0. The summed E-state index contributed by atoms with van der Waals surface area (Å²) in [6.45, 7) is 3.41. The number of ether oxygens (including phenoxy) is 3. The van der Waals surface area contributed by atoms with E-state index in [-0.39, 0.29) is 36.0 Å². The average molecular weight is 424 g/mol. The number of benzene rings is 1. The molecule has 0 radical (unpaired) electrons. The van der Waals surface area contributed by atoms with Gasteiger partial charge in [0.15, 0.2) is 21.6 Å².